The van der Waals surface area contributed by atoms with Gasteiger partial charge in [0.25, 0.3) is 0 Å². The second-order valence-electron chi connectivity index (χ2n) is 2.07. The molecule has 0 aromatic heterocycles. The molecule has 0 rings (SSSR count). The Morgan fingerprint density at radius 2 is 1.62 bits per heavy atom. The molecule has 0 atom stereocenters. The van der Waals surface area contributed by atoms with Crippen LogP contribution in [0.1, 0.15) is 33.6 Å². The lowest BCUT2D eigenvalue weighted by atomic mass is 10.2. The molecule has 0 aliphatic rings. The quantitative estimate of drug-likeness (QED) is 0.589. The van der Waals surface area contributed by atoms with Gasteiger partial charge >= 0.3 is 0 Å². The summed E-state index contributed by atoms with van der Waals surface area (Å²) in [7, 11) is 0. The van der Waals surface area contributed by atoms with Crippen molar-refractivity contribution in [2.75, 3.05) is 6.54 Å². The highest BCUT2D eigenvalue weighted by Crippen LogP contribution is 1.93. The summed E-state index contributed by atoms with van der Waals surface area (Å²) in [5.74, 6) is 0. The number of nitrogens with one attached hydrogen (secondary N) is 1. The molecular formula is C7H17N. The van der Waals surface area contributed by atoms with E-state index in [4.69, 9.17) is 0 Å². The Balaban J connectivity index is 3.07. The van der Waals surface area contributed by atoms with Crippen LogP contribution in [0.25, 0.3) is 0 Å². The van der Waals surface area contributed by atoms with Crippen molar-refractivity contribution >= 4 is 0 Å². The second-order valence-corrected chi connectivity index (χ2v) is 2.07. The van der Waals surface area contributed by atoms with E-state index in [1.165, 1.54) is 12.8 Å². The topological polar surface area (TPSA) is 12.0 Å². The molecule has 0 saturated heterocycles. The van der Waals surface area contributed by atoms with Crippen LogP contribution in [0.15, 0.2) is 0 Å². The number of hydrogen-bond acceptors (Lipinski definition) is 1. The monoisotopic (exact) mass is 115 g/mol. The molecular weight excluding hydrogens is 98.1 g/mol. The Hall–Kier alpha value is -0.0400. The first-order valence-electron chi connectivity index (χ1n) is 3.58. The zero-order valence-electron chi connectivity index (χ0n) is 6.20. The Morgan fingerprint density at radius 3 is 1.75 bits per heavy atom. The van der Waals surface area contributed by atoms with E-state index in [1.54, 1.807) is 0 Å². The standard InChI is InChI=1S/C7H17N/c1-4-7(5-2)8-6-3/h7-8H,4-6H2,1-3H3. The predicted octanol–water partition coefficient (Wildman–Crippen LogP) is 1.78. The van der Waals surface area contributed by atoms with Gasteiger partial charge in [0.15, 0.2) is 0 Å². The number of hydrogen-bond donors (Lipinski definition) is 1. The Bertz CT molecular complexity index is 39.7. The molecule has 8 heavy (non-hydrogen) atoms. The summed E-state index contributed by atoms with van der Waals surface area (Å²) >= 11 is 0. The van der Waals surface area contributed by atoms with Crippen LogP contribution in [-0.2, 0) is 0 Å². The molecule has 50 valence electrons. The molecule has 0 bridgehead atoms. The fraction of sp³-hybridized carbons (Fsp3) is 1.00. The largest absolute Gasteiger partial charge is 0.314 e. The van der Waals surface area contributed by atoms with Crippen LogP contribution in [-0.4, -0.2) is 12.6 Å². The fourth-order valence-corrected chi connectivity index (χ4v) is 0.866. The lowest BCUT2D eigenvalue weighted by Gasteiger charge is -2.11. The third-order valence-corrected chi connectivity index (χ3v) is 1.48. The minimum atomic E-state index is 0.750. The molecule has 0 amide bonds. The Labute approximate surface area is 52.5 Å². The average molecular weight is 115 g/mol. The van der Waals surface area contributed by atoms with Gasteiger partial charge in [-0.3, -0.25) is 0 Å². The van der Waals surface area contributed by atoms with Crippen LogP contribution < -0.4 is 5.32 Å². The van der Waals surface area contributed by atoms with Crippen molar-refractivity contribution in [1.82, 2.24) is 5.32 Å². The van der Waals surface area contributed by atoms with Crippen molar-refractivity contribution in [3.05, 3.63) is 0 Å². The van der Waals surface area contributed by atoms with Gasteiger partial charge in [-0.15, -0.1) is 0 Å². The first-order chi connectivity index (χ1) is 3.85. The molecule has 0 fully saturated rings. The summed E-state index contributed by atoms with van der Waals surface area (Å²) in [6.07, 6.45) is 2.51. The molecule has 0 unspecified atom stereocenters. The first-order valence-corrected chi connectivity index (χ1v) is 3.58. The fourth-order valence-electron chi connectivity index (χ4n) is 0.866. The smallest absolute Gasteiger partial charge is 0.00616 e. The molecule has 0 heterocycles. The lowest BCUT2D eigenvalue weighted by molar-refractivity contribution is 0.499. The summed E-state index contributed by atoms with van der Waals surface area (Å²) < 4.78 is 0. The summed E-state index contributed by atoms with van der Waals surface area (Å²) in [6, 6.07) is 0.750. The third-order valence-electron chi connectivity index (χ3n) is 1.48. The maximum Gasteiger partial charge on any atom is 0.00616 e. The summed E-state index contributed by atoms with van der Waals surface area (Å²) in [5, 5.41) is 3.38. The van der Waals surface area contributed by atoms with Crippen LogP contribution in [0.4, 0.5) is 0 Å². The van der Waals surface area contributed by atoms with Crippen LogP contribution in [0, 0.1) is 0 Å². The van der Waals surface area contributed by atoms with Crippen LogP contribution in [0.2, 0.25) is 0 Å². The lowest BCUT2D eigenvalue weighted by Crippen LogP contribution is -2.26. The van der Waals surface area contributed by atoms with Gasteiger partial charge in [0, 0.05) is 6.04 Å². The zero-order valence-corrected chi connectivity index (χ0v) is 6.20. The van der Waals surface area contributed by atoms with Gasteiger partial charge in [-0.25, -0.2) is 0 Å². The van der Waals surface area contributed by atoms with Gasteiger partial charge in [-0.2, -0.15) is 0 Å². The molecule has 0 aliphatic heterocycles. The van der Waals surface area contributed by atoms with Gasteiger partial charge in [-0.1, -0.05) is 20.8 Å². The molecule has 1 nitrogen and oxygen atoms in total. The van der Waals surface area contributed by atoms with E-state index >= 15 is 0 Å². The average Bonchev–Trinajstić information content (AvgIpc) is 1.83. The molecule has 0 saturated carbocycles. The van der Waals surface area contributed by atoms with Gasteiger partial charge in [0.2, 0.25) is 0 Å². The van der Waals surface area contributed by atoms with Crippen molar-refractivity contribution in [3.63, 3.8) is 0 Å². The van der Waals surface area contributed by atoms with Crippen molar-refractivity contribution in [1.29, 1.82) is 0 Å². The van der Waals surface area contributed by atoms with Crippen molar-refractivity contribution in [2.24, 2.45) is 0 Å². The molecule has 0 spiro atoms. The second kappa shape index (κ2) is 5.10. The third kappa shape index (κ3) is 3.03. The van der Waals surface area contributed by atoms with Crippen LogP contribution in [0.3, 0.4) is 0 Å². The highest BCUT2D eigenvalue weighted by molar-refractivity contribution is 4.59. The van der Waals surface area contributed by atoms with E-state index in [9.17, 15) is 0 Å². The summed E-state index contributed by atoms with van der Waals surface area (Å²) in [5.41, 5.74) is 0. The van der Waals surface area contributed by atoms with E-state index in [0.717, 1.165) is 12.6 Å². The zero-order chi connectivity index (χ0) is 6.41. The molecule has 1 N–H and O–H groups in total. The van der Waals surface area contributed by atoms with Gasteiger partial charge in [-0.05, 0) is 19.4 Å². The van der Waals surface area contributed by atoms with E-state index < -0.39 is 0 Å². The maximum absolute atomic E-state index is 3.38. The van der Waals surface area contributed by atoms with Crippen LogP contribution >= 0.6 is 0 Å². The Morgan fingerprint density at radius 1 is 1.12 bits per heavy atom. The van der Waals surface area contributed by atoms with Crippen LogP contribution in [0.5, 0.6) is 0 Å². The molecule has 0 radical (unpaired) electrons. The maximum atomic E-state index is 3.38. The molecule has 0 aromatic rings. The minimum Gasteiger partial charge on any atom is -0.314 e. The normalized spacial score (nSPS) is 10.5. The van der Waals surface area contributed by atoms with Gasteiger partial charge < -0.3 is 5.32 Å². The van der Waals surface area contributed by atoms with Crippen molar-refractivity contribution in [2.45, 2.75) is 39.7 Å². The molecule has 1 heteroatoms. The molecule has 0 aromatic carbocycles. The van der Waals surface area contributed by atoms with E-state index in [2.05, 4.69) is 26.1 Å². The summed E-state index contributed by atoms with van der Waals surface area (Å²) in [4.78, 5) is 0. The van der Waals surface area contributed by atoms with E-state index in [0.29, 0.717) is 0 Å². The minimum absolute atomic E-state index is 0.750. The summed E-state index contributed by atoms with van der Waals surface area (Å²) in [6.45, 7) is 7.69. The van der Waals surface area contributed by atoms with Crippen molar-refractivity contribution < 1.29 is 0 Å². The van der Waals surface area contributed by atoms with E-state index in [1.807, 2.05) is 0 Å². The van der Waals surface area contributed by atoms with E-state index in [-0.39, 0.29) is 0 Å². The van der Waals surface area contributed by atoms with Gasteiger partial charge in [0.05, 0.1) is 0 Å². The van der Waals surface area contributed by atoms with Crippen molar-refractivity contribution in [3.8, 4) is 0 Å². The SMILES string of the molecule is CCNC(CC)CC. The highest BCUT2D eigenvalue weighted by atomic mass is 14.9. The predicted molar refractivity (Wildman–Crippen MR) is 38.0 cm³/mol. The molecule has 0 aliphatic carbocycles. The highest BCUT2D eigenvalue weighted by Gasteiger charge is 1.96. The number of rotatable bonds is 4. The van der Waals surface area contributed by atoms with Gasteiger partial charge in [0.1, 0.15) is 0 Å². The first kappa shape index (κ1) is 7.96. The Kier molecular flexibility index (Phi) is 5.08.